The molecule has 0 atom stereocenters. The lowest BCUT2D eigenvalue weighted by molar-refractivity contribution is 0.0697. The van der Waals surface area contributed by atoms with Gasteiger partial charge >= 0.3 is 0 Å². The molecule has 0 saturated carbocycles. The van der Waals surface area contributed by atoms with Gasteiger partial charge < -0.3 is 19.1 Å². The van der Waals surface area contributed by atoms with Crippen molar-refractivity contribution in [2.45, 2.75) is 26.4 Å². The second-order valence-electron chi connectivity index (χ2n) is 6.97. The summed E-state index contributed by atoms with van der Waals surface area (Å²) in [4.78, 5) is 14.8. The van der Waals surface area contributed by atoms with E-state index in [4.69, 9.17) is 14.2 Å². The Hall–Kier alpha value is -2.69. The molecule has 5 heteroatoms. The molecule has 0 unspecified atom stereocenters. The van der Waals surface area contributed by atoms with E-state index in [1.54, 1.807) is 14.2 Å². The summed E-state index contributed by atoms with van der Waals surface area (Å²) in [7, 11) is 3.25. The highest BCUT2D eigenvalue weighted by Gasteiger charge is 2.22. The first-order chi connectivity index (χ1) is 13.1. The number of piperidine rings is 1. The van der Waals surface area contributed by atoms with E-state index in [9.17, 15) is 4.79 Å². The summed E-state index contributed by atoms with van der Waals surface area (Å²) in [6.45, 7) is 4.20. The van der Waals surface area contributed by atoms with Crippen molar-refractivity contribution in [2.75, 3.05) is 27.3 Å². The van der Waals surface area contributed by atoms with Crippen LogP contribution in [-0.2, 0) is 6.61 Å². The Balaban J connectivity index is 1.74. The van der Waals surface area contributed by atoms with E-state index in [-0.39, 0.29) is 5.91 Å². The second kappa shape index (κ2) is 8.80. The van der Waals surface area contributed by atoms with Gasteiger partial charge in [0.05, 0.1) is 14.2 Å². The predicted octanol–water partition coefficient (Wildman–Crippen LogP) is 4.15. The SMILES string of the molecule is COc1cccc(OCc2cc(C(=O)N3CCC(C)CC3)ccc2OC)c1. The van der Waals surface area contributed by atoms with Gasteiger partial charge in [0.15, 0.2) is 0 Å². The average Bonchev–Trinajstić information content (AvgIpc) is 2.72. The number of hydrogen-bond donors (Lipinski definition) is 0. The maximum atomic E-state index is 12.8. The number of likely N-dealkylation sites (tertiary alicyclic amines) is 1. The van der Waals surface area contributed by atoms with E-state index in [1.165, 1.54) is 0 Å². The van der Waals surface area contributed by atoms with E-state index in [0.717, 1.165) is 37.2 Å². The minimum Gasteiger partial charge on any atom is -0.497 e. The van der Waals surface area contributed by atoms with Crippen LogP contribution in [0.25, 0.3) is 0 Å². The third-order valence-corrected chi connectivity index (χ3v) is 5.03. The standard InChI is InChI=1S/C22H27NO4/c1-16-9-11-23(12-10-16)22(24)17-7-8-21(26-3)18(13-17)15-27-20-6-4-5-19(14-20)25-2/h4-8,13-14,16H,9-12,15H2,1-3H3. The quantitative estimate of drug-likeness (QED) is 0.767. The van der Waals surface area contributed by atoms with Crippen LogP contribution < -0.4 is 14.2 Å². The zero-order valence-corrected chi connectivity index (χ0v) is 16.2. The summed E-state index contributed by atoms with van der Waals surface area (Å²) in [5.41, 5.74) is 1.52. The highest BCUT2D eigenvalue weighted by Crippen LogP contribution is 2.26. The number of rotatable bonds is 6. The molecule has 5 nitrogen and oxygen atoms in total. The van der Waals surface area contributed by atoms with Crippen molar-refractivity contribution in [3.63, 3.8) is 0 Å². The molecule has 0 N–H and O–H groups in total. The van der Waals surface area contributed by atoms with E-state index < -0.39 is 0 Å². The second-order valence-corrected chi connectivity index (χ2v) is 6.97. The molecule has 144 valence electrons. The molecule has 0 aliphatic carbocycles. The van der Waals surface area contributed by atoms with Crippen molar-refractivity contribution in [1.29, 1.82) is 0 Å². The number of benzene rings is 2. The summed E-state index contributed by atoms with van der Waals surface area (Å²) >= 11 is 0. The van der Waals surface area contributed by atoms with Crippen LogP contribution in [0.15, 0.2) is 42.5 Å². The van der Waals surface area contributed by atoms with Gasteiger partial charge in [-0.1, -0.05) is 13.0 Å². The molecule has 2 aromatic carbocycles. The molecule has 0 spiro atoms. The largest absolute Gasteiger partial charge is 0.497 e. The summed E-state index contributed by atoms with van der Waals surface area (Å²) < 4.78 is 16.6. The Morgan fingerprint density at radius 1 is 1.04 bits per heavy atom. The molecular formula is C22H27NO4. The molecule has 2 aromatic rings. The first-order valence-corrected chi connectivity index (χ1v) is 9.33. The molecule has 1 amide bonds. The fraction of sp³-hybridized carbons (Fsp3) is 0.409. The van der Waals surface area contributed by atoms with Crippen molar-refractivity contribution in [3.8, 4) is 17.2 Å². The van der Waals surface area contributed by atoms with E-state index in [2.05, 4.69) is 6.92 Å². The summed E-state index contributed by atoms with van der Waals surface area (Å²) in [6, 6.07) is 13.0. The van der Waals surface area contributed by atoms with Gasteiger partial charge in [-0.3, -0.25) is 4.79 Å². The number of carbonyl (C=O) groups excluding carboxylic acids is 1. The Kier molecular flexibility index (Phi) is 6.22. The van der Waals surface area contributed by atoms with Crippen LogP contribution >= 0.6 is 0 Å². The molecule has 0 aromatic heterocycles. The Bertz CT molecular complexity index is 782. The van der Waals surface area contributed by atoms with Gasteiger partial charge in [-0.15, -0.1) is 0 Å². The summed E-state index contributed by atoms with van der Waals surface area (Å²) in [5, 5.41) is 0. The molecular weight excluding hydrogens is 342 g/mol. The van der Waals surface area contributed by atoms with Crippen LogP contribution in [0.4, 0.5) is 0 Å². The minimum atomic E-state index is 0.0761. The lowest BCUT2D eigenvalue weighted by atomic mass is 9.98. The number of ether oxygens (including phenoxy) is 3. The zero-order chi connectivity index (χ0) is 19.2. The fourth-order valence-electron chi connectivity index (χ4n) is 3.27. The third-order valence-electron chi connectivity index (χ3n) is 5.03. The molecule has 1 heterocycles. The van der Waals surface area contributed by atoms with Crippen LogP contribution in [0.2, 0.25) is 0 Å². The Morgan fingerprint density at radius 2 is 1.78 bits per heavy atom. The molecule has 27 heavy (non-hydrogen) atoms. The van der Waals surface area contributed by atoms with Gasteiger partial charge in [0, 0.05) is 30.3 Å². The van der Waals surface area contributed by atoms with Crippen LogP contribution in [0.5, 0.6) is 17.2 Å². The average molecular weight is 369 g/mol. The molecule has 3 rings (SSSR count). The first-order valence-electron chi connectivity index (χ1n) is 9.33. The van der Waals surface area contributed by atoms with Gasteiger partial charge in [0.25, 0.3) is 5.91 Å². The first kappa shape index (κ1) is 19.1. The van der Waals surface area contributed by atoms with Gasteiger partial charge in [-0.2, -0.15) is 0 Å². The number of methoxy groups -OCH3 is 2. The van der Waals surface area contributed by atoms with Gasteiger partial charge in [-0.05, 0) is 49.1 Å². The molecule has 0 bridgehead atoms. The molecule has 1 fully saturated rings. The molecule has 1 aliphatic heterocycles. The number of amides is 1. The zero-order valence-electron chi connectivity index (χ0n) is 16.2. The highest BCUT2D eigenvalue weighted by molar-refractivity contribution is 5.94. The number of hydrogen-bond acceptors (Lipinski definition) is 4. The van der Waals surface area contributed by atoms with Gasteiger partial charge in [0.2, 0.25) is 0 Å². The van der Waals surface area contributed by atoms with Crippen LogP contribution in [-0.4, -0.2) is 38.1 Å². The van der Waals surface area contributed by atoms with E-state index in [0.29, 0.717) is 29.6 Å². The van der Waals surface area contributed by atoms with Crippen LogP contribution in [0.3, 0.4) is 0 Å². The maximum absolute atomic E-state index is 12.8. The van der Waals surface area contributed by atoms with Crippen molar-refractivity contribution in [1.82, 2.24) is 4.90 Å². The van der Waals surface area contributed by atoms with Gasteiger partial charge in [0.1, 0.15) is 23.9 Å². The van der Waals surface area contributed by atoms with Gasteiger partial charge in [-0.25, -0.2) is 0 Å². The Labute approximate surface area is 160 Å². The smallest absolute Gasteiger partial charge is 0.253 e. The summed E-state index contributed by atoms with van der Waals surface area (Å²) in [6.07, 6.45) is 2.13. The normalized spacial score (nSPS) is 14.7. The molecule has 1 aliphatic rings. The minimum absolute atomic E-state index is 0.0761. The predicted molar refractivity (Wildman–Crippen MR) is 105 cm³/mol. The van der Waals surface area contributed by atoms with E-state index >= 15 is 0 Å². The number of nitrogens with zero attached hydrogens (tertiary/aromatic N) is 1. The van der Waals surface area contributed by atoms with Crippen molar-refractivity contribution in [3.05, 3.63) is 53.6 Å². The lowest BCUT2D eigenvalue weighted by Gasteiger charge is -2.30. The van der Waals surface area contributed by atoms with E-state index in [1.807, 2.05) is 47.4 Å². The number of carbonyl (C=O) groups is 1. The molecule has 1 saturated heterocycles. The Morgan fingerprint density at radius 3 is 2.48 bits per heavy atom. The monoisotopic (exact) mass is 369 g/mol. The third kappa shape index (κ3) is 4.73. The fourth-order valence-corrected chi connectivity index (χ4v) is 3.27. The van der Waals surface area contributed by atoms with Crippen molar-refractivity contribution >= 4 is 5.91 Å². The summed E-state index contributed by atoms with van der Waals surface area (Å²) in [5.74, 6) is 2.92. The topological polar surface area (TPSA) is 48.0 Å². The highest BCUT2D eigenvalue weighted by atomic mass is 16.5. The van der Waals surface area contributed by atoms with Crippen LogP contribution in [0.1, 0.15) is 35.7 Å². The molecule has 0 radical (unpaired) electrons. The maximum Gasteiger partial charge on any atom is 0.253 e. The lowest BCUT2D eigenvalue weighted by Crippen LogP contribution is -2.37. The van der Waals surface area contributed by atoms with Crippen molar-refractivity contribution < 1.29 is 19.0 Å². The van der Waals surface area contributed by atoms with Crippen LogP contribution in [0, 0.1) is 5.92 Å². The van der Waals surface area contributed by atoms with Crippen molar-refractivity contribution in [2.24, 2.45) is 5.92 Å².